The van der Waals surface area contributed by atoms with Crippen LogP contribution in [0.15, 0.2) is 12.4 Å². The maximum atomic E-state index is 9.53. The van der Waals surface area contributed by atoms with E-state index in [2.05, 4.69) is 23.7 Å². The Kier molecular flexibility index (Phi) is 5.78. The zero-order valence-electron chi connectivity index (χ0n) is 11.9. The average Bonchev–Trinajstić information content (AvgIpc) is 2.64. The van der Waals surface area contributed by atoms with Crippen LogP contribution >= 0.6 is 0 Å². The number of rotatable bonds is 7. The van der Waals surface area contributed by atoms with E-state index in [0.29, 0.717) is 12.5 Å². The largest absolute Gasteiger partial charge is 0.395 e. The molecule has 0 spiro atoms. The second-order valence-electron chi connectivity index (χ2n) is 5.41. The molecule has 0 bridgehead atoms. The molecule has 0 aliphatic carbocycles. The quantitative estimate of drug-likeness (QED) is 0.747. The predicted octanol–water partition coefficient (Wildman–Crippen LogP) is 0.586. The minimum absolute atomic E-state index is 0.0136. The molecule has 0 radical (unpaired) electrons. The van der Waals surface area contributed by atoms with Crippen LogP contribution in [0.5, 0.6) is 0 Å². The van der Waals surface area contributed by atoms with Crippen molar-refractivity contribution < 1.29 is 5.11 Å². The topological polar surface area (TPSA) is 67.3 Å². The van der Waals surface area contributed by atoms with Gasteiger partial charge in [-0.25, -0.2) is 4.98 Å². The van der Waals surface area contributed by atoms with Crippen molar-refractivity contribution in [2.75, 3.05) is 13.7 Å². The molecule has 2 unspecified atom stereocenters. The summed E-state index contributed by atoms with van der Waals surface area (Å²) in [5, 5.41) is 9.53. The van der Waals surface area contributed by atoms with Crippen LogP contribution in [0.1, 0.15) is 26.1 Å². The van der Waals surface area contributed by atoms with Gasteiger partial charge in [0.1, 0.15) is 5.82 Å². The Morgan fingerprint density at radius 1 is 1.50 bits per heavy atom. The highest BCUT2D eigenvalue weighted by atomic mass is 16.3. The fourth-order valence-corrected chi connectivity index (χ4v) is 2.19. The SMILES string of the molecule is CC(C)CC(N)C(CO)N(C)Cc1nccn1C. The molecule has 0 saturated carbocycles. The Labute approximate surface area is 110 Å². The van der Waals surface area contributed by atoms with Gasteiger partial charge >= 0.3 is 0 Å². The third-order valence-corrected chi connectivity index (χ3v) is 3.30. The number of aryl methyl sites for hydroxylation is 1. The van der Waals surface area contributed by atoms with Crippen molar-refractivity contribution in [1.82, 2.24) is 14.5 Å². The van der Waals surface area contributed by atoms with Gasteiger partial charge in [0.25, 0.3) is 0 Å². The molecule has 2 atom stereocenters. The lowest BCUT2D eigenvalue weighted by atomic mass is 9.98. The first-order valence-corrected chi connectivity index (χ1v) is 6.48. The number of hydrogen-bond acceptors (Lipinski definition) is 4. The molecule has 1 rings (SSSR count). The molecule has 1 heterocycles. The smallest absolute Gasteiger partial charge is 0.122 e. The number of aliphatic hydroxyl groups excluding tert-OH is 1. The minimum atomic E-state index is -0.0240. The molecule has 5 nitrogen and oxygen atoms in total. The molecule has 0 aromatic carbocycles. The molecule has 3 N–H and O–H groups in total. The normalized spacial score (nSPS) is 15.3. The van der Waals surface area contributed by atoms with Crippen LogP contribution in [0.4, 0.5) is 0 Å². The lowest BCUT2D eigenvalue weighted by Crippen LogP contribution is -2.48. The second kappa shape index (κ2) is 6.87. The highest BCUT2D eigenvalue weighted by Gasteiger charge is 2.23. The van der Waals surface area contributed by atoms with Gasteiger partial charge in [0.05, 0.1) is 13.2 Å². The molecule has 0 amide bonds. The molecule has 1 aromatic rings. The van der Waals surface area contributed by atoms with Crippen molar-refractivity contribution in [3.63, 3.8) is 0 Å². The van der Waals surface area contributed by atoms with E-state index in [-0.39, 0.29) is 18.7 Å². The molecule has 5 heteroatoms. The van der Waals surface area contributed by atoms with Gasteiger partial charge < -0.3 is 15.4 Å². The Morgan fingerprint density at radius 2 is 2.17 bits per heavy atom. The summed E-state index contributed by atoms with van der Waals surface area (Å²) >= 11 is 0. The lowest BCUT2D eigenvalue weighted by molar-refractivity contribution is 0.112. The number of nitrogens with zero attached hydrogens (tertiary/aromatic N) is 3. The predicted molar refractivity (Wildman–Crippen MR) is 73.0 cm³/mol. The van der Waals surface area contributed by atoms with Crippen LogP contribution in [0.2, 0.25) is 0 Å². The van der Waals surface area contributed by atoms with Gasteiger partial charge in [-0.05, 0) is 19.4 Å². The highest BCUT2D eigenvalue weighted by Crippen LogP contribution is 2.12. The van der Waals surface area contributed by atoms with E-state index in [0.717, 1.165) is 12.2 Å². The van der Waals surface area contributed by atoms with E-state index in [4.69, 9.17) is 5.73 Å². The van der Waals surface area contributed by atoms with Crippen LogP contribution in [0.3, 0.4) is 0 Å². The summed E-state index contributed by atoms with van der Waals surface area (Å²) in [6.45, 7) is 5.06. The summed E-state index contributed by atoms with van der Waals surface area (Å²) in [4.78, 5) is 6.37. The summed E-state index contributed by atoms with van der Waals surface area (Å²) in [6.07, 6.45) is 4.62. The van der Waals surface area contributed by atoms with Gasteiger partial charge in [-0.3, -0.25) is 4.90 Å². The van der Waals surface area contributed by atoms with E-state index in [1.54, 1.807) is 6.20 Å². The van der Waals surface area contributed by atoms with Crippen LogP contribution < -0.4 is 5.73 Å². The number of likely N-dealkylation sites (N-methyl/N-ethyl adjacent to an activating group) is 1. The van der Waals surface area contributed by atoms with Crippen molar-refractivity contribution in [2.24, 2.45) is 18.7 Å². The maximum absolute atomic E-state index is 9.53. The first-order valence-electron chi connectivity index (χ1n) is 6.48. The van der Waals surface area contributed by atoms with Crippen molar-refractivity contribution in [1.29, 1.82) is 0 Å². The fourth-order valence-electron chi connectivity index (χ4n) is 2.19. The zero-order chi connectivity index (χ0) is 13.7. The maximum Gasteiger partial charge on any atom is 0.122 e. The lowest BCUT2D eigenvalue weighted by Gasteiger charge is -2.31. The van der Waals surface area contributed by atoms with E-state index in [1.807, 2.05) is 24.9 Å². The Hall–Kier alpha value is -0.910. The van der Waals surface area contributed by atoms with Crippen molar-refractivity contribution in [3.05, 3.63) is 18.2 Å². The molecule has 104 valence electrons. The minimum Gasteiger partial charge on any atom is -0.395 e. The van der Waals surface area contributed by atoms with E-state index >= 15 is 0 Å². The Morgan fingerprint density at radius 3 is 2.61 bits per heavy atom. The van der Waals surface area contributed by atoms with E-state index < -0.39 is 0 Å². The van der Waals surface area contributed by atoms with Gasteiger partial charge in [0, 0.05) is 31.5 Å². The average molecular weight is 254 g/mol. The number of nitrogens with two attached hydrogens (primary N) is 1. The van der Waals surface area contributed by atoms with Gasteiger partial charge in [0.2, 0.25) is 0 Å². The molecule has 0 aliphatic rings. The van der Waals surface area contributed by atoms with Gasteiger partial charge in [0.15, 0.2) is 0 Å². The second-order valence-corrected chi connectivity index (χ2v) is 5.41. The standard InChI is InChI=1S/C13H26N4O/c1-10(2)7-11(14)12(9-18)17(4)8-13-15-5-6-16(13)3/h5-6,10-12,18H,7-9,14H2,1-4H3. The van der Waals surface area contributed by atoms with Crippen molar-refractivity contribution in [2.45, 2.75) is 38.9 Å². The fraction of sp³-hybridized carbons (Fsp3) is 0.769. The Balaban J connectivity index is 2.62. The number of imidazole rings is 1. The molecule has 0 fully saturated rings. The molecule has 1 aromatic heterocycles. The van der Waals surface area contributed by atoms with Gasteiger partial charge in [-0.15, -0.1) is 0 Å². The van der Waals surface area contributed by atoms with Gasteiger partial charge in [-0.2, -0.15) is 0 Å². The third kappa shape index (κ3) is 4.08. The van der Waals surface area contributed by atoms with Crippen LogP contribution in [-0.4, -0.2) is 45.3 Å². The first kappa shape index (κ1) is 15.1. The van der Waals surface area contributed by atoms with E-state index in [1.165, 1.54) is 0 Å². The summed E-state index contributed by atoms with van der Waals surface area (Å²) in [7, 11) is 3.95. The first-order chi connectivity index (χ1) is 8.45. The Bertz CT molecular complexity index is 351. The molecule has 18 heavy (non-hydrogen) atoms. The molecular formula is C13H26N4O. The summed E-state index contributed by atoms with van der Waals surface area (Å²) in [5.41, 5.74) is 6.17. The monoisotopic (exact) mass is 254 g/mol. The summed E-state index contributed by atoms with van der Waals surface area (Å²) in [6, 6.07) is -0.0376. The van der Waals surface area contributed by atoms with Crippen molar-refractivity contribution in [3.8, 4) is 0 Å². The van der Waals surface area contributed by atoms with Crippen LogP contribution in [0, 0.1) is 5.92 Å². The van der Waals surface area contributed by atoms with E-state index in [9.17, 15) is 5.11 Å². The highest BCUT2D eigenvalue weighted by molar-refractivity contribution is 4.92. The van der Waals surface area contributed by atoms with Gasteiger partial charge in [-0.1, -0.05) is 13.8 Å². The summed E-state index contributed by atoms with van der Waals surface area (Å²) in [5.74, 6) is 1.52. The summed E-state index contributed by atoms with van der Waals surface area (Å²) < 4.78 is 1.99. The number of aliphatic hydroxyl groups is 1. The molecular weight excluding hydrogens is 228 g/mol. The zero-order valence-corrected chi connectivity index (χ0v) is 11.9. The molecule has 0 aliphatic heterocycles. The number of aromatic nitrogens is 2. The van der Waals surface area contributed by atoms with Crippen LogP contribution in [0.25, 0.3) is 0 Å². The molecule has 0 saturated heterocycles. The number of hydrogen-bond donors (Lipinski definition) is 2. The third-order valence-electron chi connectivity index (χ3n) is 3.30. The van der Waals surface area contributed by atoms with Crippen LogP contribution in [-0.2, 0) is 13.6 Å². The van der Waals surface area contributed by atoms with Crippen molar-refractivity contribution >= 4 is 0 Å².